The maximum atomic E-state index is 4.32. The summed E-state index contributed by atoms with van der Waals surface area (Å²) < 4.78 is 1.04. The zero-order valence-corrected chi connectivity index (χ0v) is 11.2. The third-order valence-electron chi connectivity index (χ3n) is 2.98. The minimum absolute atomic E-state index is 0.896. The number of nitrogens with one attached hydrogen (secondary N) is 1. The quantitative estimate of drug-likeness (QED) is 0.734. The van der Waals surface area contributed by atoms with Gasteiger partial charge in [0.2, 0.25) is 0 Å². The fraction of sp³-hybridized carbons (Fsp3) is 0. The number of aromatic amines is 1. The van der Waals surface area contributed by atoms with Gasteiger partial charge in [-0.05, 0) is 38.7 Å². The van der Waals surface area contributed by atoms with Gasteiger partial charge in [-0.2, -0.15) is 0 Å². The number of H-pyrrole nitrogens is 1. The molecule has 0 amide bonds. The van der Waals surface area contributed by atoms with Crippen LogP contribution in [0, 0.1) is 0 Å². The van der Waals surface area contributed by atoms with Crippen molar-refractivity contribution in [2.75, 3.05) is 0 Å². The molecule has 0 aliphatic rings. The summed E-state index contributed by atoms with van der Waals surface area (Å²) in [7, 11) is 0. The van der Waals surface area contributed by atoms with Crippen molar-refractivity contribution in [3.63, 3.8) is 0 Å². The van der Waals surface area contributed by atoms with Crippen molar-refractivity contribution >= 4 is 33.0 Å². The lowest BCUT2D eigenvalue weighted by Gasteiger charge is -2.04. The molecule has 0 aliphatic heterocycles. The predicted molar refractivity (Wildman–Crippen MR) is 79.3 cm³/mol. The summed E-state index contributed by atoms with van der Waals surface area (Å²) in [6, 6.07) is 10.4. The average Bonchev–Trinajstić information content (AvgIpc) is 2.81. The van der Waals surface area contributed by atoms with E-state index in [0.717, 1.165) is 21.1 Å². The fourth-order valence-corrected chi connectivity index (χ4v) is 2.57. The molecule has 0 atom stereocenters. The first-order valence-corrected chi connectivity index (χ1v) is 6.43. The zero-order chi connectivity index (χ0) is 12.5. The largest absolute Gasteiger partial charge is 0.345 e. The summed E-state index contributed by atoms with van der Waals surface area (Å²) >= 11 is 3.56. The first-order valence-electron chi connectivity index (χ1n) is 5.64. The molecular weight excluding hydrogens is 288 g/mol. The second-order valence-electron chi connectivity index (χ2n) is 4.04. The summed E-state index contributed by atoms with van der Waals surface area (Å²) in [4.78, 5) is 7.47. The topological polar surface area (TPSA) is 28.7 Å². The van der Waals surface area contributed by atoms with Crippen LogP contribution in [0.4, 0.5) is 0 Å². The highest BCUT2D eigenvalue weighted by Crippen LogP contribution is 2.32. The molecule has 3 rings (SSSR count). The van der Waals surface area contributed by atoms with Gasteiger partial charge in [0.25, 0.3) is 0 Å². The van der Waals surface area contributed by atoms with Crippen molar-refractivity contribution in [1.82, 2.24) is 9.97 Å². The first kappa shape index (κ1) is 11.2. The molecule has 0 aliphatic carbocycles. The van der Waals surface area contributed by atoms with Gasteiger partial charge >= 0.3 is 0 Å². The molecule has 0 bridgehead atoms. The third-order valence-corrected chi connectivity index (χ3v) is 3.61. The van der Waals surface area contributed by atoms with Crippen LogP contribution in [0.3, 0.4) is 0 Å². The minimum atomic E-state index is 0.896. The van der Waals surface area contributed by atoms with Crippen molar-refractivity contribution in [3.05, 3.63) is 59.3 Å². The van der Waals surface area contributed by atoms with Gasteiger partial charge in [0, 0.05) is 22.3 Å². The molecule has 0 radical (unpaired) electrons. The normalized spacial score (nSPS) is 10.7. The fourth-order valence-electron chi connectivity index (χ4n) is 2.06. The van der Waals surface area contributed by atoms with Crippen LogP contribution in [0.2, 0.25) is 0 Å². The second kappa shape index (κ2) is 4.42. The highest BCUT2D eigenvalue weighted by atomic mass is 79.9. The molecule has 1 aromatic carbocycles. The summed E-state index contributed by atoms with van der Waals surface area (Å²) in [6.45, 7) is 3.77. The Labute approximate surface area is 114 Å². The molecular formula is C15H11BrN2. The minimum Gasteiger partial charge on any atom is -0.345 e. The standard InChI is InChI=1S/C15H11BrN2/c1-2-10-3-5-11(6-4-10)12-7-8-17-15-14(12)13(16)9-18-15/h2-9H,1H2,(H,17,18). The van der Waals surface area contributed by atoms with E-state index >= 15 is 0 Å². The molecule has 0 saturated carbocycles. The zero-order valence-electron chi connectivity index (χ0n) is 9.65. The van der Waals surface area contributed by atoms with Crippen LogP contribution in [-0.4, -0.2) is 9.97 Å². The number of rotatable bonds is 2. The van der Waals surface area contributed by atoms with Crippen LogP contribution >= 0.6 is 15.9 Å². The van der Waals surface area contributed by atoms with Gasteiger partial charge in [-0.3, -0.25) is 0 Å². The summed E-state index contributed by atoms with van der Waals surface area (Å²) in [5, 5.41) is 1.11. The first-order chi connectivity index (χ1) is 8.79. The van der Waals surface area contributed by atoms with Crippen LogP contribution < -0.4 is 0 Å². The van der Waals surface area contributed by atoms with E-state index in [1.807, 2.05) is 24.5 Å². The Morgan fingerprint density at radius 3 is 2.67 bits per heavy atom. The SMILES string of the molecule is C=Cc1ccc(-c2ccnc3[nH]cc(Br)c23)cc1. The van der Waals surface area contributed by atoms with E-state index in [-0.39, 0.29) is 0 Å². The third kappa shape index (κ3) is 1.77. The van der Waals surface area contributed by atoms with Gasteiger partial charge in [0.1, 0.15) is 5.65 Å². The Morgan fingerprint density at radius 2 is 1.94 bits per heavy atom. The number of fused-ring (bicyclic) bond motifs is 1. The molecule has 18 heavy (non-hydrogen) atoms. The van der Waals surface area contributed by atoms with Gasteiger partial charge in [-0.1, -0.05) is 36.9 Å². The lowest BCUT2D eigenvalue weighted by atomic mass is 10.0. The second-order valence-corrected chi connectivity index (χ2v) is 4.90. The molecule has 2 heterocycles. The Bertz CT molecular complexity index is 711. The van der Waals surface area contributed by atoms with E-state index in [1.165, 1.54) is 11.1 Å². The Balaban J connectivity index is 2.23. The van der Waals surface area contributed by atoms with Crippen LogP contribution in [-0.2, 0) is 0 Å². The highest BCUT2D eigenvalue weighted by molar-refractivity contribution is 9.10. The maximum Gasteiger partial charge on any atom is 0.139 e. The van der Waals surface area contributed by atoms with Gasteiger partial charge in [0.05, 0.1) is 0 Å². The lowest BCUT2D eigenvalue weighted by Crippen LogP contribution is -1.83. The van der Waals surface area contributed by atoms with Gasteiger partial charge in [-0.15, -0.1) is 0 Å². The van der Waals surface area contributed by atoms with Gasteiger partial charge in [-0.25, -0.2) is 4.98 Å². The van der Waals surface area contributed by atoms with Crippen molar-refractivity contribution in [1.29, 1.82) is 0 Å². The number of pyridine rings is 1. The molecule has 3 heteroatoms. The number of hydrogen-bond acceptors (Lipinski definition) is 1. The number of halogens is 1. The lowest BCUT2D eigenvalue weighted by molar-refractivity contribution is 1.32. The number of aromatic nitrogens is 2. The van der Waals surface area contributed by atoms with E-state index in [2.05, 4.69) is 56.7 Å². The summed E-state index contributed by atoms with van der Waals surface area (Å²) in [5.74, 6) is 0. The Morgan fingerprint density at radius 1 is 1.17 bits per heavy atom. The van der Waals surface area contributed by atoms with Crippen LogP contribution in [0.25, 0.3) is 28.2 Å². The Hall–Kier alpha value is -1.87. The van der Waals surface area contributed by atoms with E-state index in [9.17, 15) is 0 Å². The molecule has 2 aromatic heterocycles. The number of hydrogen-bond donors (Lipinski definition) is 1. The Kier molecular flexibility index (Phi) is 2.76. The molecule has 3 aromatic rings. The van der Waals surface area contributed by atoms with Crippen LogP contribution in [0.5, 0.6) is 0 Å². The smallest absolute Gasteiger partial charge is 0.139 e. The molecule has 0 fully saturated rings. The van der Waals surface area contributed by atoms with Gasteiger partial charge < -0.3 is 4.98 Å². The van der Waals surface area contributed by atoms with E-state index in [1.54, 1.807) is 0 Å². The van der Waals surface area contributed by atoms with Crippen molar-refractivity contribution in [3.8, 4) is 11.1 Å². The van der Waals surface area contributed by atoms with Crippen LogP contribution in [0.15, 0.2) is 53.8 Å². The van der Waals surface area contributed by atoms with Gasteiger partial charge in [0.15, 0.2) is 0 Å². The monoisotopic (exact) mass is 298 g/mol. The number of benzene rings is 1. The molecule has 0 unspecified atom stereocenters. The maximum absolute atomic E-state index is 4.32. The van der Waals surface area contributed by atoms with Crippen molar-refractivity contribution in [2.45, 2.75) is 0 Å². The van der Waals surface area contributed by atoms with Crippen LogP contribution in [0.1, 0.15) is 5.56 Å². The predicted octanol–water partition coefficient (Wildman–Crippen LogP) is 4.64. The van der Waals surface area contributed by atoms with Crippen molar-refractivity contribution in [2.24, 2.45) is 0 Å². The van der Waals surface area contributed by atoms with E-state index in [4.69, 9.17) is 0 Å². The molecule has 0 spiro atoms. The molecule has 1 N–H and O–H groups in total. The molecule has 88 valence electrons. The average molecular weight is 299 g/mol. The molecule has 0 saturated heterocycles. The van der Waals surface area contributed by atoms with Crippen molar-refractivity contribution < 1.29 is 0 Å². The number of nitrogens with zero attached hydrogens (tertiary/aromatic N) is 1. The molecule has 2 nitrogen and oxygen atoms in total. The summed E-state index contributed by atoms with van der Waals surface area (Å²) in [6.07, 6.45) is 5.58. The summed E-state index contributed by atoms with van der Waals surface area (Å²) in [5.41, 5.74) is 4.36. The van der Waals surface area contributed by atoms with E-state index < -0.39 is 0 Å². The van der Waals surface area contributed by atoms with E-state index in [0.29, 0.717) is 0 Å². The highest BCUT2D eigenvalue weighted by Gasteiger charge is 2.09.